The zero-order valence-electron chi connectivity index (χ0n) is 21.9. The average molecular weight is 545 g/mol. The molecule has 3 aromatic rings. The first-order valence-corrected chi connectivity index (χ1v) is 13.9. The van der Waals surface area contributed by atoms with Gasteiger partial charge in [0.25, 0.3) is 5.56 Å². The first-order valence-electron chi connectivity index (χ1n) is 12.3. The molecule has 13 heteroatoms. The number of nitrogens with two attached hydrogens (primary N) is 1. The lowest BCUT2D eigenvalue weighted by Crippen LogP contribution is -2.36. The number of nitrogens with one attached hydrogen (secondary N) is 1. The lowest BCUT2D eigenvalue weighted by molar-refractivity contribution is -0.149. The molecule has 1 aliphatic carbocycles. The Bertz CT molecular complexity index is 1440. The number of rotatable bonds is 10. The molecule has 0 amide bonds. The predicted octanol–water partition coefficient (Wildman–Crippen LogP) is 3.35. The van der Waals surface area contributed by atoms with Crippen LogP contribution < -0.4 is 20.9 Å². The van der Waals surface area contributed by atoms with Gasteiger partial charge in [-0.05, 0) is 51.3 Å². The van der Waals surface area contributed by atoms with Crippen LogP contribution in [0, 0.1) is 5.92 Å². The van der Waals surface area contributed by atoms with Crippen molar-refractivity contribution in [1.29, 1.82) is 0 Å². The molecule has 3 unspecified atom stereocenters. The number of esters is 1. The molecule has 2 aromatic heterocycles. The second-order valence-corrected chi connectivity index (χ2v) is 11.3. The third-order valence-electron chi connectivity index (χ3n) is 6.39. The van der Waals surface area contributed by atoms with E-state index in [9.17, 15) is 14.2 Å². The van der Waals surface area contributed by atoms with Crippen LogP contribution in [0.25, 0.3) is 11.2 Å². The summed E-state index contributed by atoms with van der Waals surface area (Å²) in [6, 6.07) is 7.43. The highest BCUT2D eigenvalue weighted by molar-refractivity contribution is 7.52. The van der Waals surface area contributed by atoms with Crippen LogP contribution in [0.1, 0.15) is 39.7 Å². The van der Waals surface area contributed by atoms with E-state index >= 15 is 0 Å². The Morgan fingerprint density at radius 1 is 1.26 bits per heavy atom. The van der Waals surface area contributed by atoms with Crippen LogP contribution in [0.2, 0.25) is 0 Å². The highest BCUT2D eigenvalue weighted by Gasteiger charge is 2.37. The number of carbonyl (C=O) groups is 1. The molecule has 2 heterocycles. The second-order valence-electron chi connectivity index (χ2n) is 9.56. The predicted molar refractivity (Wildman–Crippen MR) is 143 cm³/mol. The molecule has 204 valence electrons. The monoisotopic (exact) mass is 544 g/mol. The van der Waals surface area contributed by atoms with E-state index in [0.29, 0.717) is 24.2 Å². The van der Waals surface area contributed by atoms with E-state index in [0.717, 1.165) is 5.57 Å². The van der Waals surface area contributed by atoms with E-state index in [1.165, 1.54) is 18.5 Å². The Hall–Kier alpha value is -3.47. The standard InChI is InChI=1S/C25H33N6O6P/c1-15(2)36-24(33)17(4)29-38(34,37-19-9-7-6-8-10-19)35-13-18-11-12-20(16(18)3)31-14-27-21-22(31)28-25(26)30(5)23(21)32/h6-10,14-15,17-18,20H,3,11-13H2,1-2,4-5H3,(H2,26,28)(H,29,34)/t17-,18?,20?,38?/m0/s1. The number of carbonyl (C=O) groups excluding carboxylic acids is 1. The van der Waals surface area contributed by atoms with E-state index in [1.54, 1.807) is 55.1 Å². The molecule has 0 aliphatic heterocycles. The summed E-state index contributed by atoms with van der Waals surface area (Å²) in [5.41, 5.74) is 6.99. The molecule has 4 atom stereocenters. The number of para-hydroxylation sites is 1. The van der Waals surface area contributed by atoms with E-state index in [2.05, 4.69) is 21.6 Å². The van der Waals surface area contributed by atoms with Gasteiger partial charge in [-0.15, -0.1) is 0 Å². The number of benzene rings is 1. The SMILES string of the molecule is C=C1C(COP(=O)(N[C@@H](C)C(=O)OC(C)C)Oc2ccccc2)CCC1n1cnc2c(=O)n(C)c(N)nc21. The van der Waals surface area contributed by atoms with Crippen molar-refractivity contribution in [2.24, 2.45) is 13.0 Å². The van der Waals surface area contributed by atoms with Gasteiger partial charge in [-0.3, -0.25) is 18.7 Å². The van der Waals surface area contributed by atoms with Gasteiger partial charge in [-0.25, -0.2) is 9.55 Å². The Balaban J connectivity index is 1.50. The molecule has 1 saturated carbocycles. The summed E-state index contributed by atoms with van der Waals surface area (Å²) < 4.78 is 33.6. The van der Waals surface area contributed by atoms with Crippen molar-refractivity contribution in [3.8, 4) is 5.75 Å². The first kappa shape index (κ1) is 27.6. The number of ether oxygens (including phenoxy) is 1. The van der Waals surface area contributed by atoms with E-state index in [4.69, 9.17) is 19.5 Å². The molecule has 0 radical (unpaired) electrons. The lowest BCUT2D eigenvalue weighted by Gasteiger charge is -2.25. The van der Waals surface area contributed by atoms with Gasteiger partial charge in [-0.2, -0.15) is 10.1 Å². The molecule has 0 spiro atoms. The van der Waals surface area contributed by atoms with Gasteiger partial charge < -0.3 is 19.6 Å². The third-order valence-corrected chi connectivity index (χ3v) is 8.03. The summed E-state index contributed by atoms with van der Waals surface area (Å²) in [6.45, 7) is 9.28. The number of aromatic nitrogens is 4. The van der Waals surface area contributed by atoms with Crippen molar-refractivity contribution in [2.45, 2.75) is 51.8 Å². The molecule has 12 nitrogen and oxygen atoms in total. The van der Waals surface area contributed by atoms with Crippen molar-refractivity contribution < 1.29 is 23.1 Å². The van der Waals surface area contributed by atoms with Crippen molar-refractivity contribution in [2.75, 3.05) is 12.3 Å². The van der Waals surface area contributed by atoms with Gasteiger partial charge in [0.05, 0.1) is 25.1 Å². The fourth-order valence-electron chi connectivity index (χ4n) is 4.32. The largest absolute Gasteiger partial charge is 0.462 e. The van der Waals surface area contributed by atoms with Crippen molar-refractivity contribution >= 4 is 30.8 Å². The summed E-state index contributed by atoms with van der Waals surface area (Å²) >= 11 is 0. The Kier molecular flexibility index (Phi) is 8.05. The molecule has 1 aromatic carbocycles. The average Bonchev–Trinajstić information content (AvgIpc) is 3.44. The van der Waals surface area contributed by atoms with Crippen molar-refractivity contribution in [1.82, 2.24) is 24.2 Å². The zero-order chi connectivity index (χ0) is 27.6. The molecule has 0 bridgehead atoms. The highest BCUT2D eigenvalue weighted by atomic mass is 31.2. The van der Waals surface area contributed by atoms with Crippen molar-refractivity contribution in [3.63, 3.8) is 0 Å². The molecule has 38 heavy (non-hydrogen) atoms. The third kappa shape index (κ3) is 5.82. The molecule has 4 rings (SSSR count). The molecular weight excluding hydrogens is 511 g/mol. The maximum Gasteiger partial charge on any atom is 0.459 e. The summed E-state index contributed by atoms with van der Waals surface area (Å²) in [5, 5.41) is 2.70. The van der Waals surface area contributed by atoms with Crippen molar-refractivity contribution in [3.05, 3.63) is 59.2 Å². The smallest absolute Gasteiger partial charge is 0.459 e. The molecule has 0 saturated heterocycles. The first-order chi connectivity index (χ1) is 18.0. The lowest BCUT2D eigenvalue weighted by atomic mass is 10.0. The van der Waals surface area contributed by atoms with Crippen LogP contribution >= 0.6 is 7.75 Å². The highest BCUT2D eigenvalue weighted by Crippen LogP contribution is 2.48. The summed E-state index contributed by atoms with van der Waals surface area (Å²) in [5.74, 6) is -0.335. The van der Waals surface area contributed by atoms with Crippen LogP contribution in [0.4, 0.5) is 5.95 Å². The van der Waals surface area contributed by atoms with E-state index in [1.807, 2.05) is 0 Å². The topological polar surface area (TPSA) is 153 Å². The minimum absolute atomic E-state index is 0.0301. The van der Waals surface area contributed by atoms with E-state index in [-0.39, 0.29) is 41.7 Å². The quantitative estimate of drug-likeness (QED) is 0.221. The van der Waals surface area contributed by atoms with Crippen LogP contribution in [0.3, 0.4) is 0 Å². The van der Waals surface area contributed by atoms with Crippen LogP contribution in [-0.4, -0.2) is 43.8 Å². The minimum Gasteiger partial charge on any atom is -0.462 e. The fraction of sp³-hybridized carbons (Fsp3) is 0.440. The van der Waals surface area contributed by atoms with Gasteiger partial charge in [0.1, 0.15) is 11.8 Å². The second kappa shape index (κ2) is 11.1. The zero-order valence-corrected chi connectivity index (χ0v) is 22.8. The normalized spacial score (nSPS) is 20.0. The Morgan fingerprint density at radius 3 is 2.66 bits per heavy atom. The number of anilines is 1. The maximum absolute atomic E-state index is 13.8. The maximum atomic E-state index is 13.8. The number of nitrogens with zero attached hydrogens (tertiary/aromatic N) is 4. The Morgan fingerprint density at radius 2 is 1.97 bits per heavy atom. The van der Waals surface area contributed by atoms with Gasteiger partial charge >= 0.3 is 13.7 Å². The number of fused-ring (bicyclic) bond motifs is 1. The van der Waals surface area contributed by atoms with Gasteiger partial charge in [0, 0.05) is 13.0 Å². The summed E-state index contributed by atoms with van der Waals surface area (Å²) in [4.78, 5) is 33.5. The van der Waals surface area contributed by atoms with E-state index < -0.39 is 19.8 Å². The van der Waals surface area contributed by atoms with Gasteiger partial charge in [-0.1, -0.05) is 24.8 Å². The number of nitrogen functional groups attached to an aromatic ring is 1. The summed E-state index contributed by atoms with van der Waals surface area (Å²) in [7, 11) is -2.46. The Labute approximate surface area is 220 Å². The van der Waals surface area contributed by atoms with Crippen LogP contribution in [0.15, 0.2) is 53.6 Å². The molecule has 1 fully saturated rings. The van der Waals surface area contributed by atoms with Crippen LogP contribution in [0.5, 0.6) is 5.75 Å². The molecule has 3 N–H and O–H groups in total. The summed E-state index contributed by atoms with van der Waals surface area (Å²) in [6.07, 6.45) is 2.60. The van der Waals surface area contributed by atoms with Gasteiger partial charge in [0.15, 0.2) is 11.2 Å². The fourth-order valence-corrected chi connectivity index (χ4v) is 5.86. The molecule has 1 aliphatic rings. The minimum atomic E-state index is -4.00. The number of hydrogen-bond acceptors (Lipinski definition) is 9. The van der Waals surface area contributed by atoms with Gasteiger partial charge in [0.2, 0.25) is 5.95 Å². The number of imidazole rings is 1. The van der Waals surface area contributed by atoms with Crippen LogP contribution in [-0.2, 0) is 25.7 Å². The number of hydrogen-bond donors (Lipinski definition) is 2. The molecular formula is C25H33N6O6P.